The summed E-state index contributed by atoms with van der Waals surface area (Å²) in [5.74, 6) is -0.00469. The Morgan fingerprint density at radius 2 is 1.96 bits per heavy atom. The molecule has 0 heterocycles. The van der Waals surface area contributed by atoms with E-state index in [2.05, 4.69) is 22.8 Å². The third-order valence-corrected chi connectivity index (χ3v) is 4.53. The quantitative estimate of drug-likeness (QED) is 0.611. The van der Waals surface area contributed by atoms with Crippen molar-refractivity contribution < 1.29 is 14.5 Å². The maximum atomic E-state index is 12.5. The van der Waals surface area contributed by atoms with Crippen molar-refractivity contribution in [1.29, 1.82) is 0 Å². The number of nitrogens with one attached hydrogen (secondary N) is 2. The average Bonchev–Trinajstić information content (AvgIpc) is 3.09. The second-order valence-electron chi connectivity index (χ2n) is 6.33. The number of nitrogens with zero attached hydrogens (tertiary/aromatic N) is 1. The molecule has 2 aromatic rings. The van der Waals surface area contributed by atoms with Crippen molar-refractivity contribution in [3.8, 4) is 5.75 Å². The summed E-state index contributed by atoms with van der Waals surface area (Å²) < 4.78 is 5.15. The topological polar surface area (TPSA) is 93.5 Å². The molecule has 1 atom stereocenters. The van der Waals surface area contributed by atoms with Crippen molar-refractivity contribution in [2.24, 2.45) is 0 Å². The minimum atomic E-state index is -0.508. The van der Waals surface area contributed by atoms with Gasteiger partial charge in [-0.1, -0.05) is 6.07 Å². The zero-order valence-electron chi connectivity index (χ0n) is 14.7. The number of hydrogen-bond acceptors (Lipinski definition) is 5. The molecule has 0 aliphatic heterocycles. The summed E-state index contributed by atoms with van der Waals surface area (Å²) in [6.07, 6.45) is 3.37. The lowest BCUT2D eigenvalue weighted by Crippen LogP contribution is -2.32. The van der Waals surface area contributed by atoms with E-state index in [1.165, 1.54) is 42.9 Å². The molecule has 136 valence electrons. The summed E-state index contributed by atoms with van der Waals surface area (Å²) in [6.45, 7) is 1.76. The number of carbonyl (C=O) groups excluding carboxylic acids is 1. The van der Waals surface area contributed by atoms with E-state index in [0.29, 0.717) is 5.69 Å². The van der Waals surface area contributed by atoms with Gasteiger partial charge in [-0.05, 0) is 55.5 Å². The number of aryl methyl sites for hydroxylation is 2. The molecule has 3 rings (SSSR count). The Hall–Kier alpha value is -3.09. The first kappa shape index (κ1) is 17.7. The molecule has 1 aliphatic rings. The minimum Gasteiger partial charge on any atom is -0.494 e. The molecule has 0 saturated carbocycles. The van der Waals surface area contributed by atoms with Gasteiger partial charge in [0.15, 0.2) is 0 Å². The monoisotopic (exact) mass is 355 g/mol. The van der Waals surface area contributed by atoms with E-state index in [1.54, 1.807) is 6.92 Å². The second-order valence-corrected chi connectivity index (χ2v) is 6.33. The Morgan fingerprint density at radius 1 is 1.19 bits per heavy atom. The molecule has 7 nitrogen and oxygen atoms in total. The number of anilines is 2. The molecule has 0 aromatic heterocycles. The van der Waals surface area contributed by atoms with Gasteiger partial charge in [0, 0.05) is 11.8 Å². The van der Waals surface area contributed by atoms with Gasteiger partial charge < -0.3 is 15.4 Å². The summed E-state index contributed by atoms with van der Waals surface area (Å²) in [7, 11) is 1.40. The summed E-state index contributed by atoms with van der Waals surface area (Å²) in [5.41, 5.74) is 3.92. The molecule has 0 unspecified atom stereocenters. The highest BCUT2D eigenvalue weighted by Crippen LogP contribution is 2.29. The molecule has 2 N–H and O–H groups in total. The van der Waals surface area contributed by atoms with Crippen molar-refractivity contribution in [1.82, 2.24) is 0 Å². The number of fused-ring (bicyclic) bond motifs is 1. The number of benzene rings is 2. The van der Waals surface area contributed by atoms with Crippen LogP contribution in [0.1, 0.15) is 24.5 Å². The van der Waals surface area contributed by atoms with Crippen molar-refractivity contribution in [3.05, 3.63) is 57.6 Å². The lowest BCUT2D eigenvalue weighted by Gasteiger charge is -2.17. The van der Waals surface area contributed by atoms with Crippen molar-refractivity contribution in [2.75, 3.05) is 17.7 Å². The fourth-order valence-corrected chi connectivity index (χ4v) is 3.11. The van der Waals surface area contributed by atoms with Crippen LogP contribution in [-0.4, -0.2) is 24.0 Å². The van der Waals surface area contributed by atoms with E-state index in [0.717, 1.165) is 18.5 Å². The van der Waals surface area contributed by atoms with Gasteiger partial charge in [0.25, 0.3) is 5.69 Å². The highest BCUT2D eigenvalue weighted by molar-refractivity contribution is 5.97. The van der Waals surface area contributed by atoms with Crippen LogP contribution in [0, 0.1) is 10.1 Å². The average molecular weight is 355 g/mol. The molecule has 26 heavy (non-hydrogen) atoms. The zero-order chi connectivity index (χ0) is 18.7. The summed E-state index contributed by atoms with van der Waals surface area (Å²) >= 11 is 0. The molecule has 0 saturated heterocycles. The van der Waals surface area contributed by atoms with Gasteiger partial charge in [-0.15, -0.1) is 0 Å². The number of nitro benzene ring substituents is 1. The molecule has 0 spiro atoms. The van der Waals surface area contributed by atoms with Gasteiger partial charge in [0.05, 0.1) is 23.8 Å². The number of non-ortho nitro benzene ring substituents is 1. The maximum Gasteiger partial charge on any atom is 0.273 e. The molecule has 1 aliphatic carbocycles. The van der Waals surface area contributed by atoms with Gasteiger partial charge in [0.1, 0.15) is 11.8 Å². The molecule has 0 radical (unpaired) electrons. The molecule has 2 aromatic carbocycles. The van der Waals surface area contributed by atoms with Crippen molar-refractivity contribution in [3.63, 3.8) is 0 Å². The van der Waals surface area contributed by atoms with E-state index >= 15 is 0 Å². The number of amides is 1. The van der Waals surface area contributed by atoms with Crippen LogP contribution in [0.25, 0.3) is 0 Å². The van der Waals surface area contributed by atoms with Gasteiger partial charge in [-0.2, -0.15) is 0 Å². The zero-order valence-corrected chi connectivity index (χ0v) is 14.7. The Morgan fingerprint density at radius 3 is 2.69 bits per heavy atom. The number of rotatable bonds is 6. The number of methoxy groups -OCH3 is 1. The SMILES string of the molecule is COc1cc([N+](=O)[O-])ccc1NC(=O)[C@H](C)Nc1ccc2c(c1)CCC2. The third kappa shape index (κ3) is 3.77. The largest absolute Gasteiger partial charge is 0.494 e. The molecule has 0 fully saturated rings. The summed E-state index contributed by atoms with van der Waals surface area (Å²) in [4.78, 5) is 22.8. The molecule has 7 heteroatoms. The number of carbonyl (C=O) groups is 1. The summed E-state index contributed by atoms with van der Waals surface area (Å²) in [6, 6.07) is 9.80. The predicted molar refractivity (Wildman–Crippen MR) is 99.8 cm³/mol. The number of ether oxygens (including phenoxy) is 1. The fraction of sp³-hybridized carbons (Fsp3) is 0.316. The van der Waals surface area contributed by atoms with Crippen molar-refractivity contribution in [2.45, 2.75) is 32.2 Å². The highest BCUT2D eigenvalue weighted by atomic mass is 16.6. The van der Waals surface area contributed by atoms with Crippen LogP contribution >= 0.6 is 0 Å². The van der Waals surface area contributed by atoms with E-state index in [9.17, 15) is 14.9 Å². The maximum absolute atomic E-state index is 12.5. The van der Waals surface area contributed by atoms with Crippen LogP contribution in [0.3, 0.4) is 0 Å². The summed E-state index contributed by atoms with van der Waals surface area (Å²) in [5, 5.41) is 16.8. The van der Waals surface area contributed by atoms with E-state index in [1.807, 2.05) is 6.07 Å². The molecular formula is C19H21N3O4. The Kier molecular flexibility index (Phi) is 5.06. The van der Waals surface area contributed by atoms with Crippen LogP contribution in [0.2, 0.25) is 0 Å². The molecule has 0 bridgehead atoms. The van der Waals surface area contributed by atoms with Crippen LogP contribution < -0.4 is 15.4 Å². The Balaban J connectivity index is 1.68. The standard InChI is InChI=1S/C19H21N3O4/c1-12(20-15-7-6-13-4-3-5-14(13)10-15)19(23)21-17-9-8-16(22(24)25)11-18(17)26-2/h6-12,20H,3-5H2,1-2H3,(H,21,23)/t12-/m0/s1. The number of hydrogen-bond donors (Lipinski definition) is 2. The van der Waals surface area contributed by atoms with E-state index in [-0.39, 0.29) is 17.3 Å². The van der Waals surface area contributed by atoms with Crippen molar-refractivity contribution >= 4 is 23.0 Å². The fourth-order valence-electron chi connectivity index (χ4n) is 3.11. The smallest absolute Gasteiger partial charge is 0.273 e. The first-order valence-corrected chi connectivity index (χ1v) is 8.49. The minimum absolute atomic E-state index is 0.0934. The molecule has 1 amide bonds. The van der Waals surface area contributed by atoms with Gasteiger partial charge in [0.2, 0.25) is 5.91 Å². The lowest BCUT2D eigenvalue weighted by atomic mass is 10.1. The first-order chi connectivity index (χ1) is 12.5. The predicted octanol–water partition coefficient (Wildman–Crippen LogP) is 3.53. The second kappa shape index (κ2) is 7.43. The van der Waals surface area contributed by atoms with Crippen LogP contribution in [0.4, 0.5) is 17.1 Å². The van der Waals surface area contributed by atoms with Gasteiger partial charge in [-0.25, -0.2) is 0 Å². The van der Waals surface area contributed by atoms with E-state index < -0.39 is 11.0 Å². The van der Waals surface area contributed by atoms with Gasteiger partial charge in [-0.3, -0.25) is 14.9 Å². The third-order valence-electron chi connectivity index (χ3n) is 4.53. The lowest BCUT2D eigenvalue weighted by molar-refractivity contribution is -0.384. The highest BCUT2D eigenvalue weighted by Gasteiger charge is 2.18. The van der Waals surface area contributed by atoms with Crippen LogP contribution in [0.15, 0.2) is 36.4 Å². The van der Waals surface area contributed by atoms with Gasteiger partial charge >= 0.3 is 0 Å². The van der Waals surface area contributed by atoms with E-state index in [4.69, 9.17) is 4.74 Å². The first-order valence-electron chi connectivity index (χ1n) is 8.49. The van der Waals surface area contributed by atoms with Crippen LogP contribution in [0.5, 0.6) is 5.75 Å². The van der Waals surface area contributed by atoms with Crippen LogP contribution in [-0.2, 0) is 17.6 Å². The Bertz CT molecular complexity index is 851. The number of nitro groups is 1. The Labute approximate surface area is 151 Å². The normalized spacial score (nSPS) is 13.6. The molecular weight excluding hydrogens is 334 g/mol.